The summed E-state index contributed by atoms with van der Waals surface area (Å²) in [6, 6.07) is 5.31. The minimum absolute atomic E-state index is 0.349. The van der Waals surface area contributed by atoms with Crippen molar-refractivity contribution in [2.45, 2.75) is 57.4 Å². The van der Waals surface area contributed by atoms with Crippen molar-refractivity contribution in [3.05, 3.63) is 28.2 Å². The number of aryl methyl sites for hydroxylation is 1. The van der Waals surface area contributed by atoms with Crippen LogP contribution in [0, 0.1) is 6.92 Å². The SMILES string of the molecule is CCC(CC)(CC)NS(=O)(=O)c1cc(Br)ccc1C. The molecule has 5 heteroatoms. The zero-order valence-corrected chi connectivity index (χ0v) is 14.4. The van der Waals surface area contributed by atoms with E-state index in [2.05, 4.69) is 20.7 Å². The van der Waals surface area contributed by atoms with Crippen LogP contribution in [0.25, 0.3) is 0 Å². The molecule has 0 saturated heterocycles. The fourth-order valence-electron chi connectivity index (χ4n) is 2.17. The molecule has 1 rings (SSSR count). The molecule has 0 aliphatic rings. The van der Waals surface area contributed by atoms with Gasteiger partial charge >= 0.3 is 0 Å². The van der Waals surface area contributed by atoms with Crippen molar-refractivity contribution in [3.63, 3.8) is 0 Å². The van der Waals surface area contributed by atoms with E-state index in [4.69, 9.17) is 0 Å². The third kappa shape index (κ3) is 3.80. The van der Waals surface area contributed by atoms with Gasteiger partial charge in [-0.05, 0) is 43.9 Å². The Morgan fingerprint density at radius 1 is 1.16 bits per heavy atom. The molecule has 0 aliphatic carbocycles. The Kier molecular flexibility index (Phi) is 5.59. The van der Waals surface area contributed by atoms with E-state index in [0.717, 1.165) is 29.3 Å². The second-order valence-corrected chi connectivity index (χ2v) is 7.42. The third-order valence-corrected chi connectivity index (χ3v) is 6.03. The Balaban J connectivity index is 3.21. The van der Waals surface area contributed by atoms with Crippen molar-refractivity contribution in [1.82, 2.24) is 4.72 Å². The van der Waals surface area contributed by atoms with Crippen molar-refractivity contribution in [3.8, 4) is 0 Å². The number of sulfonamides is 1. The number of halogens is 1. The molecule has 0 fully saturated rings. The highest BCUT2D eigenvalue weighted by Gasteiger charge is 2.31. The molecule has 0 atom stereocenters. The van der Waals surface area contributed by atoms with Crippen LogP contribution >= 0.6 is 15.9 Å². The molecule has 0 bridgehead atoms. The van der Waals surface area contributed by atoms with Crippen molar-refractivity contribution >= 4 is 26.0 Å². The highest BCUT2D eigenvalue weighted by atomic mass is 79.9. The minimum atomic E-state index is -3.49. The van der Waals surface area contributed by atoms with Gasteiger partial charge in [0.1, 0.15) is 0 Å². The van der Waals surface area contributed by atoms with Gasteiger partial charge in [0.25, 0.3) is 0 Å². The summed E-state index contributed by atoms with van der Waals surface area (Å²) >= 11 is 3.33. The van der Waals surface area contributed by atoms with Gasteiger partial charge in [0.15, 0.2) is 0 Å². The Hall–Kier alpha value is -0.390. The van der Waals surface area contributed by atoms with Crippen LogP contribution in [0.2, 0.25) is 0 Å². The molecule has 0 aromatic heterocycles. The minimum Gasteiger partial charge on any atom is -0.207 e. The molecular formula is C14H22BrNO2S. The second-order valence-electron chi connectivity index (χ2n) is 4.86. The molecule has 1 aromatic rings. The molecule has 1 aromatic carbocycles. The Labute approximate surface area is 125 Å². The summed E-state index contributed by atoms with van der Waals surface area (Å²) in [5, 5.41) is 0. The maximum absolute atomic E-state index is 12.6. The van der Waals surface area contributed by atoms with Crippen molar-refractivity contribution in [2.24, 2.45) is 0 Å². The number of hydrogen-bond donors (Lipinski definition) is 1. The monoisotopic (exact) mass is 347 g/mol. The predicted molar refractivity (Wildman–Crippen MR) is 82.8 cm³/mol. The lowest BCUT2D eigenvalue weighted by molar-refractivity contribution is 0.341. The van der Waals surface area contributed by atoms with Gasteiger partial charge < -0.3 is 0 Å². The van der Waals surface area contributed by atoms with E-state index in [1.807, 2.05) is 39.8 Å². The van der Waals surface area contributed by atoms with E-state index >= 15 is 0 Å². The molecule has 3 nitrogen and oxygen atoms in total. The fourth-order valence-corrected chi connectivity index (χ4v) is 4.57. The lowest BCUT2D eigenvalue weighted by Gasteiger charge is -2.31. The van der Waals surface area contributed by atoms with E-state index in [0.29, 0.717) is 4.90 Å². The fraction of sp³-hybridized carbons (Fsp3) is 0.571. The van der Waals surface area contributed by atoms with E-state index in [-0.39, 0.29) is 5.54 Å². The first-order chi connectivity index (χ1) is 8.80. The largest absolute Gasteiger partial charge is 0.241 e. The first kappa shape index (κ1) is 16.7. The maximum atomic E-state index is 12.6. The van der Waals surface area contributed by atoms with Gasteiger partial charge in [0.05, 0.1) is 4.90 Å². The van der Waals surface area contributed by atoms with E-state index in [1.165, 1.54) is 0 Å². The standard InChI is InChI=1S/C14H22BrNO2S/c1-5-14(6-2,7-3)16-19(17,18)13-10-12(15)9-8-11(13)4/h8-10,16H,5-7H2,1-4H3. The molecule has 1 N–H and O–H groups in total. The molecule has 19 heavy (non-hydrogen) atoms. The molecule has 0 unspecified atom stereocenters. The van der Waals surface area contributed by atoms with E-state index in [9.17, 15) is 8.42 Å². The summed E-state index contributed by atoms with van der Waals surface area (Å²) in [7, 11) is -3.49. The Bertz CT molecular complexity index is 528. The summed E-state index contributed by atoms with van der Waals surface area (Å²) in [6.07, 6.45) is 2.35. The van der Waals surface area contributed by atoms with Gasteiger partial charge in [-0.3, -0.25) is 0 Å². The van der Waals surface area contributed by atoms with Crippen LogP contribution < -0.4 is 4.72 Å². The quantitative estimate of drug-likeness (QED) is 0.844. The molecule has 0 saturated carbocycles. The molecule has 0 spiro atoms. The number of nitrogens with one attached hydrogen (secondary N) is 1. The number of benzene rings is 1. The van der Waals surface area contributed by atoms with E-state index < -0.39 is 10.0 Å². The average Bonchev–Trinajstić information content (AvgIpc) is 2.39. The first-order valence-electron chi connectivity index (χ1n) is 6.60. The lowest BCUT2D eigenvalue weighted by Crippen LogP contribution is -2.47. The van der Waals surface area contributed by atoms with Crippen LogP contribution in [0.4, 0.5) is 0 Å². The molecule has 0 heterocycles. The zero-order chi connectivity index (χ0) is 14.7. The van der Waals surface area contributed by atoms with Gasteiger partial charge in [-0.25, -0.2) is 13.1 Å². The first-order valence-corrected chi connectivity index (χ1v) is 8.88. The predicted octanol–water partition coefficient (Wildman–Crippen LogP) is 4.00. The summed E-state index contributed by atoms with van der Waals surface area (Å²) in [5.41, 5.74) is 0.404. The maximum Gasteiger partial charge on any atom is 0.241 e. The van der Waals surface area contributed by atoms with Crippen molar-refractivity contribution < 1.29 is 8.42 Å². The van der Waals surface area contributed by atoms with E-state index in [1.54, 1.807) is 6.07 Å². The number of hydrogen-bond acceptors (Lipinski definition) is 2. The molecule has 108 valence electrons. The lowest BCUT2D eigenvalue weighted by atomic mass is 9.91. The van der Waals surface area contributed by atoms with Crippen LogP contribution in [-0.2, 0) is 10.0 Å². The van der Waals surface area contributed by atoms with Crippen LogP contribution in [0.5, 0.6) is 0 Å². The topological polar surface area (TPSA) is 46.2 Å². The highest BCUT2D eigenvalue weighted by molar-refractivity contribution is 9.10. The molecule has 0 aliphatic heterocycles. The third-order valence-electron chi connectivity index (χ3n) is 3.82. The summed E-state index contributed by atoms with van der Waals surface area (Å²) in [6.45, 7) is 7.86. The summed E-state index contributed by atoms with van der Waals surface area (Å²) in [4.78, 5) is 0.349. The van der Waals surface area contributed by atoms with Crippen LogP contribution in [0.15, 0.2) is 27.6 Å². The molecule has 0 radical (unpaired) electrons. The van der Waals surface area contributed by atoms with Crippen molar-refractivity contribution in [1.29, 1.82) is 0 Å². The van der Waals surface area contributed by atoms with Crippen molar-refractivity contribution in [2.75, 3.05) is 0 Å². The van der Waals surface area contributed by atoms with Crippen LogP contribution in [0.3, 0.4) is 0 Å². The van der Waals surface area contributed by atoms with Crippen LogP contribution in [-0.4, -0.2) is 14.0 Å². The van der Waals surface area contributed by atoms with Gasteiger partial charge in [0, 0.05) is 10.0 Å². The average molecular weight is 348 g/mol. The van der Waals surface area contributed by atoms with Gasteiger partial charge in [-0.2, -0.15) is 0 Å². The zero-order valence-electron chi connectivity index (χ0n) is 12.0. The highest BCUT2D eigenvalue weighted by Crippen LogP contribution is 2.26. The Morgan fingerprint density at radius 2 is 1.68 bits per heavy atom. The molecular weight excluding hydrogens is 326 g/mol. The summed E-state index contributed by atoms with van der Waals surface area (Å²) < 4.78 is 28.8. The van der Waals surface area contributed by atoms with Gasteiger partial charge in [-0.15, -0.1) is 0 Å². The van der Waals surface area contributed by atoms with Gasteiger partial charge in [-0.1, -0.05) is 42.8 Å². The van der Waals surface area contributed by atoms with Gasteiger partial charge in [0.2, 0.25) is 10.0 Å². The Morgan fingerprint density at radius 3 is 2.16 bits per heavy atom. The van der Waals surface area contributed by atoms with Crippen LogP contribution in [0.1, 0.15) is 45.6 Å². The summed E-state index contributed by atoms with van der Waals surface area (Å²) in [5.74, 6) is 0. The normalized spacial score (nSPS) is 12.7. The number of rotatable bonds is 6. The smallest absolute Gasteiger partial charge is 0.207 e. The second kappa shape index (κ2) is 6.37. The molecule has 0 amide bonds.